The smallest absolute Gasteiger partial charge is 0.224 e. The molecule has 4 fully saturated rings. The number of hydrogen-bond acceptors (Lipinski definition) is 15. The van der Waals surface area contributed by atoms with Crippen molar-refractivity contribution in [2.45, 2.75) is 44.4 Å². The van der Waals surface area contributed by atoms with E-state index < -0.39 is 0 Å². The van der Waals surface area contributed by atoms with Crippen LogP contribution in [-0.2, 0) is 16.0 Å². The Balaban J connectivity index is 0.794. The minimum absolute atomic E-state index is 0.0381. The Morgan fingerprint density at radius 3 is 2.39 bits per heavy atom. The Morgan fingerprint density at radius 1 is 0.763 bits per heavy atom. The summed E-state index contributed by atoms with van der Waals surface area (Å²) in [5.74, 6) is 1.85. The third-order valence-corrected chi connectivity index (χ3v) is 14.1. The van der Waals surface area contributed by atoms with Crippen molar-refractivity contribution in [3.8, 4) is 0 Å². The zero-order valence-electron chi connectivity index (χ0n) is 32.8. The Morgan fingerprint density at radius 2 is 1.54 bits per heavy atom. The van der Waals surface area contributed by atoms with Gasteiger partial charge in [0.25, 0.3) is 0 Å². The Hall–Kier alpha value is -4.51. The van der Waals surface area contributed by atoms with Gasteiger partial charge in [-0.15, -0.1) is 22.7 Å². The normalized spacial score (nSPS) is 21.7. The number of halogens is 1. The van der Waals surface area contributed by atoms with Crippen LogP contribution in [0.3, 0.4) is 0 Å². The molecule has 4 aliphatic rings. The van der Waals surface area contributed by atoms with Crippen molar-refractivity contribution in [3.05, 3.63) is 86.5 Å². The highest BCUT2D eigenvalue weighted by atomic mass is 35.5. The van der Waals surface area contributed by atoms with Crippen molar-refractivity contribution >= 4 is 84.9 Å². The summed E-state index contributed by atoms with van der Waals surface area (Å²) in [6, 6.07) is 15.5. The molecule has 4 saturated heterocycles. The Labute approximate surface area is 356 Å². The molecule has 3 unspecified atom stereocenters. The summed E-state index contributed by atoms with van der Waals surface area (Å²) >= 11 is 9.75. The molecule has 4 aromatic heterocycles. The first-order valence-corrected chi connectivity index (χ1v) is 22.8. The van der Waals surface area contributed by atoms with Gasteiger partial charge < -0.3 is 34.4 Å². The van der Waals surface area contributed by atoms with Crippen LogP contribution in [0.4, 0.5) is 23.0 Å². The van der Waals surface area contributed by atoms with Gasteiger partial charge in [-0.25, -0.2) is 19.9 Å². The average molecular weight is 852 g/mol. The fraction of sp³-hybridized carbons (Fsp3) is 0.442. The fourth-order valence-corrected chi connectivity index (χ4v) is 10.8. The summed E-state index contributed by atoms with van der Waals surface area (Å²) < 4.78 is 12.0. The number of carbonyl (C=O) groups is 1. The molecule has 306 valence electrons. The molecule has 0 bridgehead atoms. The Bertz CT molecular complexity index is 2430. The number of piperidine rings is 2. The highest BCUT2D eigenvalue weighted by Crippen LogP contribution is 2.36. The van der Waals surface area contributed by atoms with Gasteiger partial charge in [-0.1, -0.05) is 0 Å². The number of fused-ring (bicyclic) bond motifs is 2. The zero-order valence-corrected chi connectivity index (χ0v) is 35.2. The van der Waals surface area contributed by atoms with E-state index in [-0.39, 0.29) is 23.1 Å². The maximum atomic E-state index is 13.2. The van der Waals surface area contributed by atoms with Gasteiger partial charge in [0.1, 0.15) is 24.1 Å². The van der Waals surface area contributed by atoms with E-state index in [0.29, 0.717) is 24.2 Å². The predicted octanol–water partition coefficient (Wildman–Crippen LogP) is 7.02. The first-order valence-electron chi connectivity index (χ1n) is 20.7. The summed E-state index contributed by atoms with van der Waals surface area (Å²) in [4.78, 5) is 46.9. The SMILES string of the molecule is O=C(c1nccs1)C1CCCN(c2ncnc3cc(N4CCOC(c5ccsc5CNC5CCCN(c6nc(Cl)nc7cc(N8CCOCC8)ccc67)C5)C4)ccc23)C1. The number of thiazole rings is 1. The van der Waals surface area contributed by atoms with Crippen molar-refractivity contribution in [3.63, 3.8) is 0 Å². The first-order chi connectivity index (χ1) is 29.0. The van der Waals surface area contributed by atoms with Gasteiger partial charge in [-0.2, -0.15) is 4.98 Å². The molecule has 0 saturated carbocycles. The van der Waals surface area contributed by atoms with Crippen LogP contribution in [0.25, 0.3) is 21.8 Å². The zero-order chi connectivity index (χ0) is 39.7. The number of hydrogen-bond donors (Lipinski definition) is 1. The molecular formula is C43H47ClN10O3S2. The monoisotopic (exact) mass is 850 g/mol. The number of ketones is 1. The standard InChI is InChI=1S/C43H47ClN10O3S2/c44-43-49-36-22-30(51-13-16-56-17-14-51)5-8-33(36)41(50-43)54-12-2-4-29(25-54)46-23-38-34(9-19-58-38)37-26-52(15-18-57-37)31-6-7-32-35(21-31)47-27-48-40(32)53-11-1-3-28(24-53)39(55)42-45-10-20-59-42/h5-10,19-22,27-29,37,46H,1-4,11-18,23-26H2. The molecule has 1 N–H and O–H groups in total. The molecular weight excluding hydrogens is 804 g/mol. The van der Waals surface area contributed by atoms with Crippen LogP contribution in [0.2, 0.25) is 5.28 Å². The van der Waals surface area contributed by atoms with Gasteiger partial charge in [-0.05, 0) is 90.7 Å². The quantitative estimate of drug-likeness (QED) is 0.112. The van der Waals surface area contributed by atoms with Crippen LogP contribution >= 0.6 is 34.3 Å². The highest BCUT2D eigenvalue weighted by molar-refractivity contribution is 7.11. The average Bonchev–Trinajstić information content (AvgIpc) is 4.01. The van der Waals surface area contributed by atoms with Gasteiger partial charge in [0.05, 0.1) is 30.9 Å². The number of carbonyl (C=O) groups excluding carboxylic acids is 1. The summed E-state index contributed by atoms with van der Waals surface area (Å²) in [6.45, 7) is 9.47. The van der Waals surface area contributed by atoms with Crippen LogP contribution in [-0.4, -0.2) is 109 Å². The van der Waals surface area contributed by atoms with E-state index >= 15 is 0 Å². The minimum Gasteiger partial charge on any atom is -0.378 e. The van der Waals surface area contributed by atoms with Gasteiger partial charge >= 0.3 is 0 Å². The van der Waals surface area contributed by atoms with Crippen molar-refractivity contribution in [1.82, 2.24) is 30.2 Å². The van der Waals surface area contributed by atoms with E-state index in [1.165, 1.54) is 21.8 Å². The summed E-state index contributed by atoms with van der Waals surface area (Å²) in [5, 5.41) is 10.9. The van der Waals surface area contributed by atoms with Gasteiger partial charge in [-0.3, -0.25) is 4.79 Å². The largest absolute Gasteiger partial charge is 0.378 e. The van der Waals surface area contributed by atoms with Gasteiger partial charge in [0.15, 0.2) is 10.8 Å². The lowest BCUT2D eigenvalue weighted by Crippen LogP contribution is -2.46. The number of ether oxygens (including phenoxy) is 2. The van der Waals surface area contributed by atoms with E-state index in [4.69, 9.17) is 36.0 Å². The van der Waals surface area contributed by atoms with Crippen molar-refractivity contribution in [2.24, 2.45) is 5.92 Å². The molecule has 0 spiro atoms. The molecule has 13 nitrogen and oxygen atoms in total. The van der Waals surface area contributed by atoms with Crippen molar-refractivity contribution in [2.75, 3.05) is 91.8 Å². The lowest BCUT2D eigenvalue weighted by molar-refractivity contribution is 0.0395. The van der Waals surface area contributed by atoms with E-state index in [9.17, 15) is 4.79 Å². The second kappa shape index (κ2) is 17.2. The van der Waals surface area contributed by atoms with Crippen LogP contribution < -0.4 is 24.9 Å². The van der Waals surface area contributed by atoms with Crippen molar-refractivity contribution in [1.29, 1.82) is 0 Å². The molecule has 6 aromatic rings. The molecule has 59 heavy (non-hydrogen) atoms. The minimum atomic E-state index is -0.0844. The number of morpholine rings is 2. The summed E-state index contributed by atoms with van der Waals surface area (Å²) in [7, 11) is 0. The Kier molecular flexibility index (Phi) is 11.3. The topological polar surface area (TPSA) is 125 Å². The number of rotatable bonds is 10. The molecule has 0 amide bonds. The molecule has 10 rings (SSSR count). The molecule has 0 radical (unpaired) electrons. The van der Waals surface area contributed by atoms with Crippen LogP contribution in [0.1, 0.15) is 52.0 Å². The second-order valence-corrected chi connectivity index (χ2v) is 18.0. The van der Waals surface area contributed by atoms with Crippen LogP contribution in [0.15, 0.2) is 65.7 Å². The van der Waals surface area contributed by atoms with Crippen molar-refractivity contribution < 1.29 is 14.3 Å². The lowest BCUT2D eigenvalue weighted by atomic mass is 9.93. The van der Waals surface area contributed by atoms with E-state index in [1.807, 2.05) is 5.38 Å². The van der Waals surface area contributed by atoms with Crippen LogP contribution in [0.5, 0.6) is 0 Å². The third-order valence-electron chi connectivity index (χ3n) is 12.2. The van der Waals surface area contributed by atoms with Crippen LogP contribution in [0, 0.1) is 5.92 Å². The fourth-order valence-electron chi connectivity index (χ4n) is 9.14. The number of aromatic nitrogens is 5. The molecule has 16 heteroatoms. The second-order valence-electron chi connectivity index (χ2n) is 15.8. The number of nitrogens with one attached hydrogen (secondary N) is 1. The molecule has 3 atom stereocenters. The summed E-state index contributed by atoms with van der Waals surface area (Å²) in [6.07, 6.45) is 7.29. The summed E-state index contributed by atoms with van der Waals surface area (Å²) in [5.41, 5.74) is 5.29. The maximum absolute atomic E-state index is 13.2. The van der Waals surface area contributed by atoms with E-state index in [0.717, 1.165) is 136 Å². The maximum Gasteiger partial charge on any atom is 0.224 e. The molecule has 8 heterocycles. The molecule has 2 aromatic carbocycles. The van der Waals surface area contributed by atoms with Gasteiger partial charge in [0, 0.05) is 109 Å². The number of thiophene rings is 1. The first kappa shape index (κ1) is 38.7. The number of benzene rings is 2. The molecule has 4 aliphatic heterocycles. The highest BCUT2D eigenvalue weighted by Gasteiger charge is 2.31. The number of nitrogens with zero attached hydrogens (tertiary/aromatic N) is 9. The van der Waals surface area contributed by atoms with E-state index in [2.05, 4.69) is 82.7 Å². The van der Waals surface area contributed by atoms with Gasteiger partial charge in [0.2, 0.25) is 5.28 Å². The number of Topliss-reactive ketones (excluding diaryl/α,β-unsaturated/α-hetero) is 1. The van der Waals surface area contributed by atoms with E-state index in [1.54, 1.807) is 23.9 Å². The molecule has 0 aliphatic carbocycles. The third kappa shape index (κ3) is 8.20. The predicted molar refractivity (Wildman–Crippen MR) is 236 cm³/mol. The lowest BCUT2D eigenvalue weighted by Gasteiger charge is -2.36. The number of anilines is 4.